The van der Waals surface area contributed by atoms with Crippen LogP contribution in [0.25, 0.3) is 0 Å². The van der Waals surface area contributed by atoms with Gasteiger partial charge in [0.2, 0.25) is 23.6 Å². The minimum atomic E-state index is -0.529. The van der Waals surface area contributed by atoms with Gasteiger partial charge in [-0.3, -0.25) is 29.0 Å². The molecule has 4 amide bonds. The first-order valence-corrected chi connectivity index (χ1v) is 12.0. The van der Waals surface area contributed by atoms with Crippen LogP contribution in [0.2, 0.25) is 0 Å². The Balaban J connectivity index is 1.65. The Morgan fingerprint density at radius 2 is 1.41 bits per heavy atom. The predicted octanol–water partition coefficient (Wildman–Crippen LogP) is 2.38. The number of likely N-dealkylation sites (tertiary alicyclic amines) is 2. The third kappa shape index (κ3) is 2.96. The van der Waals surface area contributed by atoms with Crippen LogP contribution >= 0.6 is 0 Å². The third-order valence-electron chi connectivity index (χ3n) is 8.23. The lowest BCUT2D eigenvalue weighted by atomic mass is 9.57. The molecule has 2 heterocycles. The fourth-order valence-corrected chi connectivity index (χ4v) is 6.76. The van der Waals surface area contributed by atoms with Crippen molar-refractivity contribution >= 4 is 23.6 Å². The number of carbonyl (C=O) groups excluding carboxylic acids is 4. The average molecular weight is 467 g/mol. The Hall–Kier alpha value is -3.16. The van der Waals surface area contributed by atoms with Gasteiger partial charge in [0, 0.05) is 19.0 Å². The first kappa shape index (κ1) is 22.6. The Kier molecular flexibility index (Phi) is 5.49. The maximum absolute atomic E-state index is 13.5. The second kappa shape index (κ2) is 8.25. The van der Waals surface area contributed by atoms with Gasteiger partial charge >= 0.3 is 0 Å². The Bertz CT molecular complexity index is 1110. The number of ether oxygens (including phenoxy) is 2. The lowest BCUT2D eigenvalue weighted by Crippen LogP contribution is -2.43. The Morgan fingerprint density at radius 1 is 0.794 bits per heavy atom. The minimum absolute atomic E-state index is 0.124. The molecule has 6 atom stereocenters. The number of imide groups is 2. The van der Waals surface area contributed by atoms with E-state index >= 15 is 0 Å². The quantitative estimate of drug-likeness (QED) is 0.489. The highest BCUT2D eigenvalue weighted by molar-refractivity contribution is 6.07. The Morgan fingerprint density at radius 3 is 2.03 bits per heavy atom. The molecule has 0 spiro atoms. The number of carbonyl (C=O) groups is 4. The molecule has 0 N–H and O–H groups in total. The van der Waals surface area contributed by atoms with Gasteiger partial charge in [0.15, 0.2) is 11.5 Å². The van der Waals surface area contributed by atoms with Crippen molar-refractivity contribution in [3.05, 3.63) is 35.4 Å². The van der Waals surface area contributed by atoms with Crippen molar-refractivity contribution in [1.82, 2.24) is 9.80 Å². The molecule has 1 saturated carbocycles. The van der Waals surface area contributed by atoms with Gasteiger partial charge in [0.1, 0.15) is 0 Å². The molecular formula is C26H30N2O6. The van der Waals surface area contributed by atoms with Crippen LogP contribution in [0.15, 0.2) is 29.8 Å². The number of fused-ring (bicyclic) bond motifs is 4. The fraction of sp³-hybridized carbons (Fsp3) is 0.538. The average Bonchev–Trinajstić information content (AvgIpc) is 3.25. The number of methoxy groups -OCH3 is 2. The van der Waals surface area contributed by atoms with E-state index in [-0.39, 0.29) is 35.5 Å². The van der Waals surface area contributed by atoms with E-state index in [0.717, 1.165) is 11.1 Å². The number of hydrogen-bond acceptors (Lipinski definition) is 6. The first-order chi connectivity index (χ1) is 16.4. The molecule has 1 aromatic rings. The van der Waals surface area contributed by atoms with Crippen LogP contribution in [0, 0.1) is 29.6 Å². The molecule has 34 heavy (non-hydrogen) atoms. The molecule has 0 bridgehead atoms. The summed E-state index contributed by atoms with van der Waals surface area (Å²) in [4.78, 5) is 55.7. The van der Waals surface area contributed by atoms with Crippen LogP contribution in [0.4, 0.5) is 0 Å². The summed E-state index contributed by atoms with van der Waals surface area (Å²) in [6.07, 6.45) is 2.94. The zero-order valence-electron chi connectivity index (χ0n) is 19.9. The highest BCUT2D eigenvalue weighted by atomic mass is 16.5. The van der Waals surface area contributed by atoms with Crippen molar-refractivity contribution in [1.29, 1.82) is 0 Å². The molecule has 2 aliphatic carbocycles. The van der Waals surface area contributed by atoms with E-state index in [0.29, 0.717) is 37.4 Å². The van der Waals surface area contributed by atoms with Crippen LogP contribution < -0.4 is 9.47 Å². The molecule has 2 aliphatic heterocycles. The van der Waals surface area contributed by atoms with Gasteiger partial charge in [-0.05, 0) is 50.3 Å². The second-order valence-electron chi connectivity index (χ2n) is 9.48. The minimum Gasteiger partial charge on any atom is -0.493 e. The van der Waals surface area contributed by atoms with Crippen LogP contribution in [-0.2, 0) is 19.2 Å². The molecular weight excluding hydrogens is 436 g/mol. The largest absolute Gasteiger partial charge is 0.493 e. The molecule has 3 fully saturated rings. The summed E-state index contributed by atoms with van der Waals surface area (Å²) in [6, 6.07) is 5.58. The zero-order valence-corrected chi connectivity index (χ0v) is 19.9. The monoisotopic (exact) mass is 466 g/mol. The topological polar surface area (TPSA) is 93.2 Å². The number of amides is 4. The van der Waals surface area contributed by atoms with Crippen LogP contribution in [0.1, 0.15) is 38.2 Å². The van der Waals surface area contributed by atoms with E-state index in [1.165, 1.54) is 9.80 Å². The van der Waals surface area contributed by atoms with Crippen molar-refractivity contribution in [3.63, 3.8) is 0 Å². The van der Waals surface area contributed by atoms with E-state index in [2.05, 4.69) is 6.08 Å². The van der Waals surface area contributed by atoms with E-state index in [9.17, 15) is 19.2 Å². The normalized spacial score (nSPS) is 32.4. The second-order valence-corrected chi connectivity index (χ2v) is 9.48. The fourth-order valence-electron chi connectivity index (χ4n) is 6.76. The molecule has 0 radical (unpaired) electrons. The summed E-state index contributed by atoms with van der Waals surface area (Å²) in [5, 5.41) is 0. The van der Waals surface area contributed by atoms with Gasteiger partial charge in [0.25, 0.3) is 0 Å². The third-order valence-corrected chi connectivity index (χ3v) is 8.23. The highest BCUT2D eigenvalue weighted by Gasteiger charge is 2.61. The molecule has 8 nitrogen and oxygen atoms in total. The summed E-state index contributed by atoms with van der Waals surface area (Å²) in [5.41, 5.74) is 1.85. The highest BCUT2D eigenvalue weighted by Crippen LogP contribution is 2.58. The van der Waals surface area contributed by atoms with Gasteiger partial charge in [-0.25, -0.2) is 0 Å². The summed E-state index contributed by atoms with van der Waals surface area (Å²) < 4.78 is 10.9. The molecule has 0 unspecified atom stereocenters. The van der Waals surface area contributed by atoms with Crippen molar-refractivity contribution in [2.45, 2.75) is 32.6 Å². The zero-order chi connectivity index (χ0) is 24.3. The number of allylic oxidation sites excluding steroid dienone is 2. The van der Waals surface area contributed by atoms with Crippen molar-refractivity contribution in [2.24, 2.45) is 29.6 Å². The van der Waals surface area contributed by atoms with Crippen molar-refractivity contribution in [2.75, 3.05) is 27.3 Å². The number of rotatable bonds is 5. The van der Waals surface area contributed by atoms with Crippen molar-refractivity contribution in [3.8, 4) is 11.5 Å². The van der Waals surface area contributed by atoms with Gasteiger partial charge in [-0.1, -0.05) is 17.7 Å². The maximum atomic E-state index is 13.5. The molecule has 0 aromatic heterocycles. The van der Waals surface area contributed by atoms with E-state index in [4.69, 9.17) is 9.47 Å². The number of hydrogen-bond donors (Lipinski definition) is 0. The lowest BCUT2D eigenvalue weighted by molar-refractivity contribution is -0.141. The summed E-state index contributed by atoms with van der Waals surface area (Å²) in [7, 11) is 3.12. The van der Waals surface area contributed by atoms with Crippen LogP contribution in [-0.4, -0.2) is 60.7 Å². The first-order valence-electron chi connectivity index (χ1n) is 12.0. The molecule has 2 saturated heterocycles. The molecule has 4 aliphatic rings. The summed E-state index contributed by atoms with van der Waals surface area (Å²) in [6.45, 7) is 4.28. The molecule has 5 rings (SSSR count). The number of nitrogens with zero attached hydrogens (tertiary/aromatic N) is 2. The molecule has 180 valence electrons. The van der Waals surface area contributed by atoms with E-state index in [1.54, 1.807) is 27.2 Å². The molecule has 8 heteroatoms. The van der Waals surface area contributed by atoms with Crippen molar-refractivity contribution < 1.29 is 28.7 Å². The van der Waals surface area contributed by atoms with Gasteiger partial charge in [-0.2, -0.15) is 0 Å². The SMILES string of the molecule is CCN1C(=O)[C@H]2[C@H](CC=C3[C@H]2C[C@H]2C(=O)N(CC)C(=O)[C@H]2[C@H]3c2ccc(OC)c(OC)c2)C1=O. The van der Waals surface area contributed by atoms with Gasteiger partial charge in [0.05, 0.1) is 37.9 Å². The van der Waals surface area contributed by atoms with Gasteiger partial charge < -0.3 is 9.47 Å². The summed E-state index contributed by atoms with van der Waals surface area (Å²) in [5.74, 6) is -2.01. The molecule has 1 aromatic carbocycles. The van der Waals surface area contributed by atoms with Crippen LogP contribution in [0.3, 0.4) is 0 Å². The number of benzene rings is 1. The van der Waals surface area contributed by atoms with E-state index < -0.39 is 23.7 Å². The van der Waals surface area contributed by atoms with Crippen LogP contribution in [0.5, 0.6) is 11.5 Å². The standard InChI is InChI=1S/C26H30N2O6/c1-5-27-23(29)15-9-8-14-16(21(15)25(27)31)12-17-22(26(32)28(6-2)24(17)30)20(14)13-7-10-18(33-3)19(11-13)34-4/h7-8,10-11,15-17,20-22H,5-6,9,12H2,1-4H3/t15-,16+,17+,20-,21-,22+/m0/s1. The summed E-state index contributed by atoms with van der Waals surface area (Å²) >= 11 is 0. The lowest BCUT2D eigenvalue weighted by Gasteiger charge is -2.44. The van der Waals surface area contributed by atoms with Gasteiger partial charge in [-0.15, -0.1) is 0 Å². The predicted molar refractivity (Wildman–Crippen MR) is 122 cm³/mol. The van der Waals surface area contributed by atoms with E-state index in [1.807, 2.05) is 19.1 Å². The Labute approximate surface area is 198 Å². The maximum Gasteiger partial charge on any atom is 0.234 e. The smallest absolute Gasteiger partial charge is 0.234 e.